The Hall–Kier alpha value is -8.37. The molecule has 1 aromatic heterocycles. The maximum Gasteiger partial charge on any atom is 0.370 e. The van der Waals surface area contributed by atoms with E-state index in [0.717, 1.165) is 12.2 Å². The number of hydrazone groups is 1. The minimum absolute atomic E-state index is 0.0251. The van der Waals surface area contributed by atoms with Crippen LogP contribution < -0.4 is 24.7 Å². The molecule has 4 heterocycles. The second-order valence-corrected chi connectivity index (χ2v) is 15.5. The van der Waals surface area contributed by atoms with Crippen LogP contribution in [0.15, 0.2) is 114 Å². The number of aromatic nitrogens is 2. The van der Waals surface area contributed by atoms with Gasteiger partial charge in [-0.2, -0.15) is 10.2 Å². The Morgan fingerprint density at radius 2 is 1.25 bits per heavy atom. The number of halogens is 1. The third kappa shape index (κ3) is 13.0. The van der Waals surface area contributed by atoms with Crippen molar-refractivity contribution in [2.45, 2.75) is 26.7 Å². The Bertz CT molecular complexity index is 2760. The molecule has 0 aliphatic carbocycles. The van der Waals surface area contributed by atoms with Gasteiger partial charge < -0.3 is 38.4 Å². The van der Waals surface area contributed by atoms with Gasteiger partial charge in [0, 0.05) is 67.4 Å². The number of hydrogen-bond acceptors (Lipinski definition) is 17. The number of methoxy groups -OCH3 is 2. The van der Waals surface area contributed by atoms with Gasteiger partial charge in [0.2, 0.25) is 5.17 Å². The minimum atomic E-state index is -0.657. The molecule has 2 amide bonds. The van der Waals surface area contributed by atoms with Crippen molar-refractivity contribution in [1.82, 2.24) is 14.7 Å². The fourth-order valence-electron chi connectivity index (χ4n) is 7.38. The van der Waals surface area contributed by atoms with Crippen LogP contribution in [0.4, 0.5) is 28.4 Å². The monoisotopic (exact) mass is 995 g/mol. The summed E-state index contributed by atoms with van der Waals surface area (Å²) in [5.74, 6) is -0.293. The van der Waals surface area contributed by atoms with Crippen molar-refractivity contribution in [3.63, 3.8) is 0 Å². The molecule has 3 aliphatic heterocycles. The molecule has 0 spiro atoms. The van der Waals surface area contributed by atoms with Gasteiger partial charge in [-0.1, -0.05) is 17.7 Å². The molecule has 3 aliphatic rings. The van der Waals surface area contributed by atoms with Gasteiger partial charge in [0.25, 0.3) is 23.2 Å². The average molecular weight is 996 g/mol. The highest BCUT2D eigenvalue weighted by Crippen LogP contribution is 2.31. The van der Waals surface area contributed by atoms with Crippen molar-refractivity contribution in [1.29, 1.82) is 0 Å². The Morgan fingerprint density at radius 3 is 1.77 bits per heavy atom. The fourth-order valence-corrected chi connectivity index (χ4v) is 7.47. The Labute approximate surface area is 412 Å². The quantitative estimate of drug-likeness (QED) is 0.0512. The SMILES string of the molecule is CCOC(=O)/C(Cl)=N/Nc1ccc(OC)cc1.CCOC(=O)c1nn(-c2ccc(OC)cc2)c2c1CCN(c1ccc([N+](=O)[O-])cc1)C2=O.O=C1C(N2CCOCC2)=CCCN1c1ccc([N+](=O)[O-])cc1. The molecule has 5 aromatic rings. The zero-order valence-electron chi connectivity index (χ0n) is 39.1. The number of anilines is 3. The van der Waals surface area contributed by atoms with Gasteiger partial charge in [-0.25, -0.2) is 14.3 Å². The lowest BCUT2D eigenvalue weighted by Gasteiger charge is -2.35. The smallest absolute Gasteiger partial charge is 0.370 e. The molecule has 23 heteroatoms. The largest absolute Gasteiger partial charge is 0.497 e. The first-order valence-electron chi connectivity index (χ1n) is 22.2. The summed E-state index contributed by atoms with van der Waals surface area (Å²) in [7, 11) is 3.13. The predicted molar refractivity (Wildman–Crippen MR) is 262 cm³/mol. The summed E-state index contributed by atoms with van der Waals surface area (Å²) < 4.78 is 26.7. The van der Waals surface area contributed by atoms with Crippen LogP contribution in [0.3, 0.4) is 0 Å². The van der Waals surface area contributed by atoms with E-state index in [0.29, 0.717) is 85.6 Å². The number of nitro benzene ring substituents is 2. The number of non-ortho nitro benzene ring substituents is 2. The van der Waals surface area contributed by atoms with Crippen molar-refractivity contribution in [2.24, 2.45) is 5.10 Å². The second-order valence-electron chi connectivity index (χ2n) is 15.2. The van der Waals surface area contributed by atoms with E-state index in [1.54, 1.807) is 93.6 Å². The fraction of sp³-hybridized carbons (Fsp3) is 0.292. The molecule has 22 nitrogen and oxygen atoms in total. The van der Waals surface area contributed by atoms with E-state index in [1.807, 2.05) is 11.0 Å². The molecule has 1 N–H and O–H groups in total. The zero-order valence-corrected chi connectivity index (χ0v) is 39.9. The summed E-state index contributed by atoms with van der Waals surface area (Å²) in [4.78, 5) is 75.8. The van der Waals surface area contributed by atoms with E-state index in [-0.39, 0.29) is 53.0 Å². The Balaban J connectivity index is 0.000000185. The topological polar surface area (TPSA) is 253 Å². The molecular weight excluding hydrogens is 946 g/mol. The van der Waals surface area contributed by atoms with E-state index >= 15 is 0 Å². The summed E-state index contributed by atoms with van der Waals surface area (Å²) in [6.45, 7) is 7.40. The number of morpholine rings is 1. The van der Waals surface area contributed by atoms with Crippen molar-refractivity contribution < 1.29 is 52.7 Å². The number of amides is 2. The number of fused-ring (bicyclic) bond motifs is 1. The van der Waals surface area contributed by atoms with Gasteiger partial charge in [0.05, 0.1) is 67.6 Å². The van der Waals surface area contributed by atoms with Crippen LogP contribution in [0, 0.1) is 20.2 Å². The third-order valence-corrected chi connectivity index (χ3v) is 11.1. The summed E-state index contributed by atoms with van der Waals surface area (Å²) >= 11 is 5.61. The molecular formula is C48H50ClN9O13. The van der Waals surface area contributed by atoms with E-state index in [9.17, 15) is 39.4 Å². The van der Waals surface area contributed by atoms with E-state index < -0.39 is 21.8 Å². The molecule has 4 aromatic carbocycles. The number of rotatable bonds is 14. The minimum Gasteiger partial charge on any atom is -0.497 e. The molecule has 0 bridgehead atoms. The van der Waals surface area contributed by atoms with Gasteiger partial charge in [-0.15, -0.1) is 0 Å². The van der Waals surface area contributed by atoms with E-state index in [1.165, 1.54) is 46.0 Å². The molecule has 372 valence electrons. The number of carbonyl (C=O) groups is 4. The first kappa shape index (κ1) is 52.0. The summed E-state index contributed by atoms with van der Waals surface area (Å²) in [6.07, 6.45) is 3.12. The number of carbonyl (C=O) groups excluding carboxylic acids is 4. The first-order chi connectivity index (χ1) is 34.3. The highest BCUT2D eigenvalue weighted by Gasteiger charge is 2.36. The van der Waals surface area contributed by atoms with E-state index in [4.69, 9.17) is 30.5 Å². The second kappa shape index (κ2) is 24.8. The van der Waals surface area contributed by atoms with Crippen LogP contribution >= 0.6 is 11.6 Å². The van der Waals surface area contributed by atoms with E-state index in [2.05, 4.69) is 20.4 Å². The maximum atomic E-state index is 13.5. The van der Waals surface area contributed by atoms with Crippen molar-refractivity contribution >= 4 is 69.0 Å². The lowest BCUT2D eigenvalue weighted by molar-refractivity contribution is -0.385. The average Bonchev–Trinajstić information content (AvgIpc) is 3.80. The Morgan fingerprint density at radius 1 is 0.732 bits per heavy atom. The number of hydrogen-bond donors (Lipinski definition) is 1. The van der Waals surface area contributed by atoms with Gasteiger partial charge in [-0.05, 0) is 99.5 Å². The van der Waals surface area contributed by atoms with Crippen LogP contribution in [0.2, 0.25) is 0 Å². The molecule has 71 heavy (non-hydrogen) atoms. The summed E-state index contributed by atoms with van der Waals surface area (Å²) in [5, 5.41) is 29.5. The number of ether oxygens (including phenoxy) is 5. The summed E-state index contributed by atoms with van der Waals surface area (Å²) in [6, 6.07) is 25.8. The first-order valence-corrected chi connectivity index (χ1v) is 22.5. The molecule has 1 fully saturated rings. The van der Waals surface area contributed by atoms with Gasteiger partial charge in [0.15, 0.2) is 5.69 Å². The number of benzene rings is 4. The molecule has 8 rings (SSSR count). The normalized spacial score (nSPS) is 14.4. The van der Waals surface area contributed by atoms with Crippen molar-refractivity contribution in [3.05, 3.63) is 146 Å². The molecule has 0 unspecified atom stereocenters. The van der Waals surface area contributed by atoms with Crippen molar-refractivity contribution in [3.8, 4) is 17.2 Å². The standard InChI is InChI=1S/C22H20N4O6.C15H17N3O4.C11H13ClN2O3/c1-3-32-22(28)19-18-12-13-24(14-4-6-16(7-5-14)26(29)30)21(27)20(18)25(23-19)15-8-10-17(31-2)11-9-15;19-15-14(16-8-10-22-11-9-16)2-1-7-17(15)12-3-5-13(6-4-12)18(20)21;1-3-17-11(15)10(12)14-13-8-4-6-9(16-2)7-5-8/h4-11H,3,12-13H2,1-2H3;2-6H,1,7-11H2;4-7,13H,3H2,1-2H3/b;;14-10-. The highest BCUT2D eigenvalue weighted by atomic mass is 35.5. The molecule has 0 radical (unpaired) electrons. The van der Waals surface area contributed by atoms with Crippen LogP contribution in [-0.2, 0) is 30.2 Å². The van der Waals surface area contributed by atoms with Gasteiger partial charge in [-0.3, -0.25) is 35.2 Å². The predicted octanol–water partition coefficient (Wildman–Crippen LogP) is 6.94. The number of nitro groups is 2. The maximum absolute atomic E-state index is 13.5. The number of esters is 2. The zero-order chi connectivity index (χ0) is 51.0. The van der Waals surface area contributed by atoms with Crippen molar-refractivity contribution in [2.75, 3.05) is 82.1 Å². The lowest BCUT2D eigenvalue weighted by atomic mass is 10.0. The van der Waals surface area contributed by atoms with Gasteiger partial charge in [0.1, 0.15) is 17.2 Å². The van der Waals surface area contributed by atoms with Crippen LogP contribution in [0.1, 0.15) is 46.8 Å². The van der Waals surface area contributed by atoms with Crippen LogP contribution in [-0.4, -0.2) is 120 Å². The van der Waals surface area contributed by atoms with Crippen LogP contribution in [0.25, 0.3) is 5.69 Å². The highest BCUT2D eigenvalue weighted by molar-refractivity contribution is 6.82. The number of nitrogens with zero attached hydrogens (tertiary/aromatic N) is 8. The molecule has 0 atom stereocenters. The lowest BCUT2D eigenvalue weighted by Crippen LogP contribution is -2.45. The van der Waals surface area contributed by atoms with Gasteiger partial charge >= 0.3 is 11.9 Å². The van der Waals surface area contributed by atoms with Crippen LogP contribution in [0.5, 0.6) is 11.5 Å². The Kier molecular flexibility index (Phi) is 18.1. The summed E-state index contributed by atoms with van der Waals surface area (Å²) in [5.41, 5.74) is 6.65. The molecule has 0 saturated carbocycles. The number of nitrogens with one attached hydrogen (secondary N) is 1. The third-order valence-electron chi connectivity index (χ3n) is 10.9. The molecule has 1 saturated heterocycles.